The van der Waals surface area contributed by atoms with Crippen LogP contribution in [0.3, 0.4) is 0 Å². The summed E-state index contributed by atoms with van der Waals surface area (Å²) in [5.41, 5.74) is 5.54. The molecule has 0 aliphatic carbocycles. The smallest absolute Gasteiger partial charge is 0.0601 e. The van der Waals surface area contributed by atoms with Crippen LogP contribution in [0.1, 0.15) is 12.8 Å². The van der Waals surface area contributed by atoms with Crippen molar-refractivity contribution in [1.82, 2.24) is 4.90 Å². The van der Waals surface area contributed by atoms with E-state index in [1.807, 2.05) is 0 Å². The molecule has 1 aliphatic rings. The fourth-order valence-electron chi connectivity index (χ4n) is 1.49. The topological polar surface area (TPSA) is 29.3 Å². The fourth-order valence-corrected chi connectivity index (χ4v) is 1.49. The van der Waals surface area contributed by atoms with Gasteiger partial charge in [-0.05, 0) is 19.4 Å². The van der Waals surface area contributed by atoms with Gasteiger partial charge in [0.05, 0.1) is 6.54 Å². The Labute approximate surface area is 62.4 Å². The first-order valence-electron chi connectivity index (χ1n) is 3.76. The summed E-state index contributed by atoms with van der Waals surface area (Å²) in [6, 6.07) is 0.552. The molecule has 0 unspecified atom stereocenters. The molecule has 0 amide bonds. The van der Waals surface area contributed by atoms with Crippen LogP contribution in [-0.4, -0.2) is 30.6 Å². The number of rotatable bonds is 2. The largest absolute Gasteiger partial charge is 0.329 e. The molecular weight excluding hydrogens is 124 g/mol. The van der Waals surface area contributed by atoms with Crippen molar-refractivity contribution in [3.05, 3.63) is 0 Å². The molecule has 0 spiro atoms. The highest BCUT2D eigenvalue weighted by atomic mass is 15.2. The Balaban J connectivity index is 2.36. The van der Waals surface area contributed by atoms with Gasteiger partial charge in [-0.2, -0.15) is 0 Å². The van der Waals surface area contributed by atoms with Gasteiger partial charge in [0.1, 0.15) is 0 Å². The van der Waals surface area contributed by atoms with Gasteiger partial charge in [0.15, 0.2) is 0 Å². The molecule has 2 nitrogen and oxygen atoms in total. The Morgan fingerprint density at radius 3 is 3.10 bits per heavy atom. The van der Waals surface area contributed by atoms with Crippen molar-refractivity contribution in [2.45, 2.75) is 18.9 Å². The molecular formula is C8H14N2. The van der Waals surface area contributed by atoms with Crippen LogP contribution in [0.5, 0.6) is 0 Å². The van der Waals surface area contributed by atoms with Crippen LogP contribution in [0, 0.1) is 12.3 Å². The molecule has 0 bridgehead atoms. The summed E-state index contributed by atoms with van der Waals surface area (Å²) in [7, 11) is 0. The van der Waals surface area contributed by atoms with Crippen LogP contribution in [0.4, 0.5) is 0 Å². The van der Waals surface area contributed by atoms with Crippen molar-refractivity contribution in [2.75, 3.05) is 19.6 Å². The highest BCUT2D eigenvalue weighted by Gasteiger charge is 2.21. The van der Waals surface area contributed by atoms with Gasteiger partial charge < -0.3 is 5.73 Å². The van der Waals surface area contributed by atoms with E-state index in [9.17, 15) is 0 Å². The summed E-state index contributed by atoms with van der Waals surface area (Å²) in [6.07, 6.45) is 7.67. The van der Waals surface area contributed by atoms with Crippen LogP contribution in [0.2, 0.25) is 0 Å². The average molecular weight is 138 g/mol. The van der Waals surface area contributed by atoms with Crippen molar-refractivity contribution in [1.29, 1.82) is 0 Å². The van der Waals surface area contributed by atoms with Crippen LogP contribution in [-0.2, 0) is 0 Å². The van der Waals surface area contributed by atoms with Gasteiger partial charge in [-0.15, -0.1) is 6.42 Å². The minimum atomic E-state index is 0.552. The second-order valence-corrected chi connectivity index (χ2v) is 2.71. The van der Waals surface area contributed by atoms with Gasteiger partial charge in [0.25, 0.3) is 0 Å². The molecule has 1 aliphatic heterocycles. The van der Waals surface area contributed by atoms with E-state index < -0.39 is 0 Å². The molecule has 0 radical (unpaired) electrons. The molecule has 10 heavy (non-hydrogen) atoms. The Kier molecular flexibility index (Phi) is 2.73. The molecule has 1 fully saturated rings. The van der Waals surface area contributed by atoms with Crippen LogP contribution >= 0.6 is 0 Å². The average Bonchev–Trinajstić information content (AvgIpc) is 2.36. The third-order valence-corrected chi connectivity index (χ3v) is 2.07. The fraction of sp³-hybridized carbons (Fsp3) is 0.750. The van der Waals surface area contributed by atoms with E-state index in [-0.39, 0.29) is 0 Å². The van der Waals surface area contributed by atoms with Gasteiger partial charge in [0, 0.05) is 12.6 Å². The third kappa shape index (κ3) is 1.50. The summed E-state index contributed by atoms with van der Waals surface area (Å²) in [6.45, 7) is 2.65. The van der Waals surface area contributed by atoms with Gasteiger partial charge in [-0.25, -0.2) is 0 Å². The molecule has 1 atom stereocenters. The molecule has 1 saturated heterocycles. The first-order chi connectivity index (χ1) is 4.88. The molecule has 2 heteroatoms. The van der Waals surface area contributed by atoms with Gasteiger partial charge in [0.2, 0.25) is 0 Å². The summed E-state index contributed by atoms with van der Waals surface area (Å²) >= 11 is 0. The van der Waals surface area contributed by atoms with E-state index in [2.05, 4.69) is 10.8 Å². The summed E-state index contributed by atoms with van der Waals surface area (Å²) in [5, 5.41) is 0. The molecule has 0 aromatic rings. The number of nitrogens with two attached hydrogens (primary N) is 1. The van der Waals surface area contributed by atoms with E-state index in [1.54, 1.807) is 0 Å². The van der Waals surface area contributed by atoms with Crippen LogP contribution in [0.15, 0.2) is 0 Å². The van der Waals surface area contributed by atoms with E-state index in [4.69, 9.17) is 12.2 Å². The number of likely N-dealkylation sites (tertiary alicyclic amines) is 1. The number of nitrogens with zero attached hydrogens (tertiary/aromatic N) is 1. The second-order valence-electron chi connectivity index (χ2n) is 2.71. The predicted octanol–water partition coefficient (Wildman–Crippen LogP) is 0.0427. The summed E-state index contributed by atoms with van der Waals surface area (Å²) in [5.74, 6) is 2.64. The van der Waals surface area contributed by atoms with E-state index in [0.717, 1.165) is 19.6 Å². The third-order valence-electron chi connectivity index (χ3n) is 2.07. The van der Waals surface area contributed by atoms with E-state index >= 15 is 0 Å². The van der Waals surface area contributed by atoms with Crippen LogP contribution < -0.4 is 5.73 Å². The number of terminal acetylenes is 1. The zero-order valence-electron chi connectivity index (χ0n) is 6.21. The van der Waals surface area contributed by atoms with E-state index in [0.29, 0.717) is 6.04 Å². The Bertz CT molecular complexity index is 137. The summed E-state index contributed by atoms with van der Waals surface area (Å²) < 4.78 is 0. The van der Waals surface area contributed by atoms with E-state index in [1.165, 1.54) is 12.8 Å². The lowest BCUT2D eigenvalue weighted by molar-refractivity contribution is 0.290. The first kappa shape index (κ1) is 7.59. The monoisotopic (exact) mass is 138 g/mol. The quantitative estimate of drug-likeness (QED) is 0.546. The molecule has 0 aromatic carbocycles. The lowest BCUT2D eigenvalue weighted by Gasteiger charge is -2.19. The Hall–Kier alpha value is -0.520. The Morgan fingerprint density at radius 2 is 2.50 bits per heavy atom. The van der Waals surface area contributed by atoms with Gasteiger partial charge in [-0.1, -0.05) is 5.92 Å². The standard InChI is InChI=1S/C8H14N2/c1-2-5-10-6-3-4-8(10)7-9/h1,8H,3-7,9H2/t8-/m1/s1. The minimum absolute atomic E-state index is 0.552. The summed E-state index contributed by atoms with van der Waals surface area (Å²) in [4.78, 5) is 2.28. The van der Waals surface area contributed by atoms with Crippen LogP contribution in [0.25, 0.3) is 0 Å². The maximum atomic E-state index is 5.54. The predicted molar refractivity (Wildman–Crippen MR) is 42.5 cm³/mol. The van der Waals surface area contributed by atoms with Crippen molar-refractivity contribution in [3.8, 4) is 12.3 Å². The van der Waals surface area contributed by atoms with Gasteiger partial charge >= 0.3 is 0 Å². The van der Waals surface area contributed by atoms with Crippen molar-refractivity contribution in [2.24, 2.45) is 5.73 Å². The van der Waals surface area contributed by atoms with Crippen molar-refractivity contribution >= 4 is 0 Å². The van der Waals surface area contributed by atoms with Gasteiger partial charge in [-0.3, -0.25) is 4.90 Å². The normalized spacial score (nSPS) is 26.6. The highest BCUT2D eigenvalue weighted by molar-refractivity contribution is 4.92. The molecule has 1 heterocycles. The Morgan fingerprint density at radius 1 is 1.70 bits per heavy atom. The molecule has 56 valence electrons. The minimum Gasteiger partial charge on any atom is -0.329 e. The lowest BCUT2D eigenvalue weighted by Crippen LogP contribution is -2.35. The maximum absolute atomic E-state index is 5.54. The molecule has 2 N–H and O–H groups in total. The highest BCUT2D eigenvalue weighted by Crippen LogP contribution is 2.14. The first-order valence-corrected chi connectivity index (χ1v) is 3.76. The molecule has 0 saturated carbocycles. The van der Waals surface area contributed by atoms with Crippen molar-refractivity contribution < 1.29 is 0 Å². The SMILES string of the molecule is C#CCN1CCC[C@@H]1CN. The number of hydrogen-bond acceptors (Lipinski definition) is 2. The number of hydrogen-bond donors (Lipinski definition) is 1. The lowest BCUT2D eigenvalue weighted by atomic mass is 10.2. The van der Waals surface area contributed by atoms with Crippen molar-refractivity contribution in [3.63, 3.8) is 0 Å². The maximum Gasteiger partial charge on any atom is 0.0601 e. The molecule has 1 rings (SSSR count). The molecule has 0 aromatic heterocycles. The zero-order valence-corrected chi connectivity index (χ0v) is 6.21. The zero-order chi connectivity index (χ0) is 7.40. The second kappa shape index (κ2) is 3.60.